The average molecular weight is 277 g/mol. The molecule has 2 aliphatic rings. The van der Waals surface area contributed by atoms with E-state index < -0.39 is 0 Å². The number of nitrogens with one attached hydrogen (secondary N) is 1. The second kappa shape index (κ2) is 5.48. The van der Waals surface area contributed by atoms with Crippen LogP contribution in [0.4, 0.5) is 5.69 Å². The zero-order valence-electron chi connectivity index (χ0n) is 12.0. The van der Waals surface area contributed by atoms with E-state index >= 15 is 0 Å². The van der Waals surface area contributed by atoms with Gasteiger partial charge in [0, 0.05) is 31.5 Å². The molecule has 1 aliphatic heterocycles. The Balaban J connectivity index is 1.66. The predicted octanol–water partition coefficient (Wildman–Crippen LogP) is 1.95. The molecule has 2 heterocycles. The second-order valence-corrected chi connectivity index (χ2v) is 6.01. The number of hydrogen-bond donors (Lipinski definition) is 2. The van der Waals surface area contributed by atoms with Crippen LogP contribution in [0.3, 0.4) is 0 Å². The number of aromatic nitrogens is 1. The third kappa shape index (κ3) is 2.82. The summed E-state index contributed by atoms with van der Waals surface area (Å²) < 4.78 is 7.40. The van der Waals surface area contributed by atoms with Crippen molar-refractivity contribution in [3.8, 4) is 0 Å². The molecule has 1 amide bonds. The summed E-state index contributed by atoms with van der Waals surface area (Å²) in [6.07, 6.45) is 6.21. The van der Waals surface area contributed by atoms with Gasteiger partial charge in [0.25, 0.3) is 5.91 Å². The van der Waals surface area contributed by atoms with E-state index in [-0.39, 0.29) is 11.9 Å². The molecule has 0 bridgehead atoms. The maximum Gasteiger partial charge on any atom is 0.268 e. The van der Waals surface area contributed by atoms with Crippen LogP contribution in [0.2, 0.25) is 0 Å². The summed E-state index contributed by atoms with van der Waals surface area (Å²) in [5.74, 6) is 0.502. The fourth-order valence-corrected chi connectivity index (χ4v) is 2.95. The lowest BCUT2D eigenvalue weighted by atomic mass is 9.93. The van der Waals surface area contributed by atoms with Crippen molar-refractivity contribution in [3.05, 3.63) is 18.0 Å². The van der Waals surface area contributed by atoms with Crippen LogP contribution in [0, 0.1) is 5.92 Å². The van der Waals surface area contributed by atoms with Gasteiger partial charge in [-0.2, -0.15) is 0 Å². The summed E-state index contributed by atoms with van der Waals surface area (Å²) in [7, 11) is 0. The van der Waals surface area contributed by atoms with Crippen molar-refractivity contribution in [1.82, 2.24) is 9.88 Å². The largest absolute Gasteiger partial charge is 0.397 e. The Morgan fingerprint density at radius 3 is 2.75 bits per heavy atom. The number of hydrogen-bond acceptors (Lipinski definition) is 3. The fraction of sp³-hybridized carbons (Fsp3) is 0.667. The number of carbonyl (C=O) groups is 1. The zero-order chi connectivity index (χ0) is 14.1. The Kier molecular flexibility index (Phi) is 3.70. The molecule has 110 valence electrons. The lowest BCUT2D eigenvalue weighted by Gasteiger charge is -2.28. The van der Waals surface area contributed by atoms with E-state index in [1.54, 1.807) is 6.07 Å². The van der Waals surface area contributed by atoms with Gasteiger partial charge >= 0.3 is 0 Å². The van der Waals surface area contributed by atoms with Gasteiger partial charge in [0.1, 0.15) is 5.69 Å². The first-order valence-corrected chi connectivity index (χ1v) is 7.51. The van der Waals surface area contributed by atoms with Crippen LogP contribution in [-0.4, -0.2) is 29.7 Å². The summed E-state index contributed by atoms with van der Waals surface area (Å²) in [6, 6.07) is 2.42. The highest BCUT2D eigenvalue weighted by Crippen LogP contribution is 2.37. The maximum atomic E-state index is 12.4. The summed E-state index contributed by atoms with van der Waals surface area (Å²) in [5, 5.41) is 3.13. The molecule has 5 nitrogen and oxygen atoms in total. The number of ether oxygens (including phenoxy) is 1. The van der Waals surface area contributed by atoms with E-state index in [1.807, 2.05) is 10.8 Å². The van der Waals surface area contributed by atoms with Crippen molar-refractivity contribution in [3.63, 3.8) is 0 Å². The van der Waals surface area contributed by atoms with Gasteiger partial charge in [0.2, 0.25) is 0 Å². The van der Waals surface area contributed by atoms with Crippen LogP contribution in [0.25, 0.3) is 0 Å². The standard InChI is InChI=1S/C15H23N3O2/c1-10(11-4-6-20-7-5-11)17-15(19)14-8-12(16)9-18(14)13-2-3-13/h8-11,13H,2-7,16H2,1H3,(H,17,19). The van der Waals surface area contributed by atoms with Crippen LogP contribution in [0.1, 0.15) is 49.1 Å². The van der Waals surface area contributed by atoms with Crippen molar-refractivity contribution in [2.24, 2.45) is 5.92 Å². The summed E-state index contributed by atoms with van der Waals surface area (Å²) in [5.41, 5.74) is 7.20. The van der Waals surface area contributed by atoms with E-state index in [0.29, 0.717) is 23.3 Å². The molecule has 0 radical (unpaired) electrons. The average Bonchev–Trinajstić information content (AvgIpc) is 3.22. The minimum absolute atomic E-state index is 0.00686. The van der Waals surface area contributed by atoms with Crippen LogP contribution in [0.15, 0.2) is 12.3 Å². The smallest absolute Gasteiger partial charge is 0.268 e. The van der Waals surface area contributed by atoms with Gasteiger partial charge in [-0.25, -0.2) is 0 Å². The molecule has 1 saturated carbocycles. The SMILES string of the molecule is CC(NC(=O)c1cc(N)cn1C1CC1)C1CCOCC1. The molecule has 0 aromatic carbocycles. The molecule has 1 aromatic rings. The Labute approximate surface area is 119 Å². The highest BCUT2D eigenvalue weighted by Gasteiger charge is 2.29. The highest BCUT2D eigenvalue weighted by molar-refractivity contribution is 5.94. The van der Waals surface area contributed by atoms with Crippen molar-refractivity contribution < 1.29 is 9.53 Å². The highest BCUT2D eigenvalue weighted by atomic mass is 16.5. The summed E-state index contributed by atoms with van der Waals surface area (Å²) in [6.45, 7) is 3.69. The molecule has 3 N–H and O–H groups in total. The number of nitrogens with zero attached hydrogens (tertiary/aromatic N) is 1. The van der Waals surface area contributed by atoms with E-state index in [9.17, 15) is 4.79 Å². The number of amides is 1. The summed E-state index contributed by atoms with van der Waals surface area (Å²) in [4.78, 5) is 12.4. The number of nitrogen functional groups attached to an aromatic ring is 1. The predicted molar refractivity (Wildman–Crippen MR) is 77.6 cm³/mol. The topological polar surface area (TPSA) is 69.3 Å². The maximum absolute atomic E-state index is 12.4. The quantitative estimate of drug-likeness (QED) is 0.883. The Hall–Kier alpha value is -1.49. The molecule has 5 heteroatoms. The molecule has 20 heavy (non-hydrogen) atoms. The van der Waals surface area contributed by atoms with E-state index in [0.717, 1.165) is 38.9 Å². The lowest BCUT2D eigenvalue weighted by molar-refractivity contribution is 0.0537. The first kappa shape index (κ1) is 13.5. The Morgan fingerprint density at radius 1 is 1.40 bits per heavy atom. The van der Waals surface area contributed by atoms with E-state index in [1.165, 1.54) is 0 Å². The van der Waals surface area contributed by atoms with Gasteiger partial charge < -0.3 is 20.4 Å². The van der Waals surface area contributed by atoms with Crippen molar-refractivity contribution in [1.29, 1.82) is 0 Å². The van der Waals surface area contributed by atoms with Crippen LogP contribution < -0.4 is 11.1 Å². The lowest BCUT2D eigenvalue weighted by Crippen LogP contribution is -2.40. The first-order valence-electron chi connectivity index (χ1n) is 7.51. The molecule has 1 aliphatic carbocycles. The first-order chi connectivity index (χ1) is 9.65. The number of rotatable bonds is 4. The fourth-order valence-electron chi connectivity index (χ4n) is 2.95. The van der Waals surface area contributed by atoms with Gasteiger partial charge in [0.15, 0.2) is 0 Å². The van der Waals surface area contributed by atoms with Gasteiger partial charge in [0.05, 0.1) is 5.69 Å². The van der Waals surface area contributed by atoms with Crippen molar-refractivity contribution in [2.45, 2.75) is 44.7 Å². The Bertz CT molecular complexity index is 487. The monoisotopic (exact) mass is 277 g/mol. The molecule has 0 spiro atoms. The summed E-state index contributed by atoms with van der Waals surface area (Å²) >= 11 is 0. The molecule has 1 atom stereocenters. The Morgan fingerprint density at radius 2 is 2.10 bits per heavy atom. The number of anilines is 1. The van der Waals surface area contributed by atoms with E-state index in [2.05, 4.69) is 12.2 Å². The zero-order valence-corrected chi connectivity index (χ0v) is 12.0. The van der Waals surface area contributed by atoms with Crippen LogP contribution in [-0.2, 0) is 4.74 Å². The minimum atomic E-state index is -0.00686. The second-order valence-electron chi connectivity index (χ2n) is 6.01. The van der Waals surface area contributed by atoms with Gasteiger partial charge in [-0.05, 0) is 44.6 Å². The number of carbonyl (C=O) groups excluding carboxylic acids is 1. The molecular weight excluding hydrogens is 254 g/mol. The van der Waals surface area contributed by atoms with Crippen LogP contribution in [0.5, 0.6) is 0 Å². The minimum Gasteiger partial charge on any atom is -0.397 e. The molecule has 1 aromatic heterocycles. The van der Waals surface area contributed by atoms with Gasteiger partial charge in [-0.15, -0.1) is 0 Å². The molecule has 3 rings (SSSR count). The van der Waals surface area contributed by atoms with E-state index in [4.69, 9.17) is 10.5 Å². The van der Waals surface area contributed by atoms with Gasteiger partial charge in [-0.3, -0.25) is 4.79 Å². The molecule has 1 saturated heterocycles. The van der Waals surface area contributed by atoms with Crippen molar-refractivity contribution in [2.75, 3.05) is 18.9 Å². The third-order valence-electron chi connectivity index (χ3n) is 4.37. The molecule has 1 unspecified atom stereocenters. The van der Waals surface area contributed by atoms with Gasteiger partial charge in [-0.1, -0.05) is 0 Å². The molecule has 2 fully saturated rings. The van der Waals surface area contributed by atoms with Crippen molar-refractivity contribution >= 4 is 11.6 Å². The van der Waals surface area contributed by atoms with Crippen LogP contribution >= 0.6 is 0 Å². The number of nitrogens with two attached hydrogens (primary N) is 1. The third-order valence-corrected chi connectivity index (χ3v) is 4.37. The molecular formula is C15H23N3O2. The normalized spacial score (nSPS) is 21.6.